The van der Waals surface area contributed by atoms with Gasteiger partial charge in [-0.15, -0.1) is 4.40 Å². The number of rotatable bonds is 4. The maximum Gasteiger partial charge on any atom is 0.267 e. The molecule has 0 amide bonds. The summed E-state index contributed by atoms with van der Waals surface area (Å²) in [5.74, 6) is 1.09. The van der Waals surface area contributed by atoms with Crippen LogP contribution >= 0.6 is 0 Å². The lowest BCUT2D eigenvalue weighted by atomic mass is 10.0. The minimum atomic E-state index is -1.60. The van der Waals surface area contributed by atoms with Gasteiger partial charge in [-0.25, -0.2) is 13.6 Å². The van der Waals surface area contributed by atoms with E-state index in [0.717, 1.165) is 41.1 Å². The van der Waals surface area contributed by atoms with Gasteiger partial charge in [-0.1, -0.05) is 6.07 Å². The molecule has 9 heteroatoms. The number of hydrazine groups is 1. The van der Waals surface area contributed by atoms with E-state index in [1.807, 2.05) is 40.9 Å². The van der Waals surface area contributed by atoms with Gasteiger partial charge in [0.05, 0.1) is 30.5 Å². The highest BCUT2D eigenvalue weighted by molar-refractivity contribution is 7.85. The van der Waals surface area contributed by atoms with Gasteiger partial charge in [0, 0.05) is 12.7 Å². The molecule has 2 aliphatic rings. The number of anilines is 1. The largest absolute Gasteiger partial charge is 0.495 e. The van der Waals surface area contributed by atoms with Crippen LogP contribution in [0.15, 0.2) is 65.0 Å². The fourth-order valence-electron chi connectivity index (χ4n) is 3.97. The second kappa shape index (κ2) is 8.23. The Morgan fingerprint density at radius 2 is 2.00 bits per heavy atom. The van der Waals surface area contributed by atoms with Gasteiger partial charge < -0.3 is 9.30 Å². The summed E-state index contributed by atoms with van der Waals surface area (Å²) < 4.78 is 39.7. The zero-order valence-electron chi connectivity index (χ0n) is 17.7. The lowest BCUT2D eigenvalue weighted by Crippen LogP contribution is -2.45. The Kier molecular flexibility index (Phi) is 5.26. The van der Waals surface area contributed by atoms with Crippen LogP contribution in [0.4, 0.5) is 10.1 Å². The fourth-order valence-corrected chi connectivity index (χ4v) is 5.04. The van der Waals surface area contributed by atoms with Crippen LogP contribution in [0.2, 0.25) is 0 Å². The van der Waals surface area contributed by atoms with Crippen LogP contribution in [-0.4, -0.2) is 38.3 Å². The quantitative estimate of drug-likeness (QED) is 0.596. The van der Waals surface area contributed by atoms with E-state index in [4.69, 9.17) is 4.74 Å². The van der Waals surface area contributed by atoms with Gasteiger partial charge in [0.15, 0.2) is 5.84 Å². The second-order valence-electron chi connectivity index (χ2n) is 7.64. The van der Waals surface area contributed by atoms with Gasteiger partial charge in [0.1, 0.15) is 11.6 Å². The predicted octanol–water partition coefficient (Wildman–Crippen LogP) is 4.22. The van der Waals surface area contributed by atoms with Crippen molar-refractivity contribution in [1.29, 1.82) is 0 Å². The van der Waals surface area contributed by atoms with E-state index in [1.165, 1.54) is 12.1 Å². The second-order valence-corrected chi connectivity index (χ2v) is 8.63. The number of methoxy groups -OCH3 is 1. The first-order valence-corrected chi connectivity index (χ1v) is 11.3. The Bertz CT molecular complexity index is 1250. The summed E-state index contributed by atoms with van der Waals surface area (Å²) in [4.78, 5) is 4.28. The number of piperidine rings is 1. The van der Waals surface area contributed by atoms with Crippen molar-refractivity contribution in [3.63, 3.8) is 0 Å². The molecule has 0 bridgehead atoms. The van der Waals surface area contributed by atoms with E-state index in [-0.39, 0.29) is 5.82 Å². The zero-order chi connectivity index (χ0) is 22.2. The van der Waals surface area contributed by atoms with Gasteiger partial charge in [0.25, 0.3) is 11.2 Å². The molecule has 1 unspecified atom stereocenters. The molecule has 5 rings (SSSR count). The van der Waals surface area contributed by atoms with Crippen molar-refractivity contribution in [2.24, 2.45) is 4.40 Å². The maximum absolute atomic E-state index is 13.3. The number of amidine groups is 1. The predicted molar refractivity (Wildman–Crippen MR) is 123 cm³/mol. The standard InChI is InChI=1S/C23H22FN5O2S/c1-16-14-27(15-25-16)21-10-5-17(13-22(21)31-2)12-18-4-3-11-28-23(18)26-32(30)29(28)20-8-6-19(24)7-9-20/h5-10,12-15H,3-4,11H2,1-2H3/b18-12+. The first-order valence-electron chi connectivity index (χ1n) is 10.3. The highest BCUT2D eigenvalue weighted by Gasteiger charge is 2.36. The number of benzene rings is 2. The van der Waals surface area contributed by atoms with Crippen molar-refractivity contribution in [3.05, 3.63) is 77.6 Å². The van der Waals surface area contributed by atoms with Crippen molar-refractivity contribution < 1.29 is 13.3 Å². The summed E-state index contributed by atoms with van der Waals surface area (Å²) in [6, 6.07) is 11.9. The van der Waals surface area contributed by atoms with E-state index < -0.39 is 11.2 Å². The third-order valence-corrected chi connectivity index (χ3v) is 6.49. The number of fused-ring (bicyclic) bond motifs is 1. The van der Waals surface area contributed by atoms with Gasteiger partial charge in [-0.05, 0) is 73.4 Å². The summed E-state index contributed by atoms with van der Waals surface area (Å²) in [5, 5.41) is 1.92. The highest BCUT2D eigenvalue weighted by Crippen LogP contribution is 2.33. The SMILES string of the molecule is COc1cc(/C=C2\CCCN3C2=NS(=O)N3c2ccc(F)cc2)ccc1-n1cnc(C)c1. The number of hydrogen-bond acceptors (Lipinski definition) is 4. The van der Waals surface area contributed by atoms with Gasteiger partial charge in [0.2, 0.25) is 0 Å². The number of imidazole rings is 1. The normalized spacial score (nSPS) is 19.3. The fraction of sp³-hybridized carbons (Fsp3) is 0.217. The molecular formula is C23H22FN5O2S. The van der Waals surface area contributed by atoms with Crippen molar-refractivity contribution >= 4 is 28.8 Å². The molecule has 1 saturated heterocycles. The summed E-state index contributed by atoms with van der Waals surface area (Å²) >= 11 is -1.60. The monoisotopic (exact) mass is 451 g/mol. The van der Waals surface area contributed by atoms with Gasteiger partial charge in [-0.2, -0.15) is 4.41 Å². The molecule has 0 radical (unpaired) electrons. The van der Waals surface area contributed by atoms with Crippen molar-refractivity contribution in [2.75, 3.05) is 18.1 Å². The third-order valence-electron chi connectivity index (χ3n) is 5.46. The number of nitrogens with zero attached hydrogens (tertiary/aromatic N) is 5. The van der Waals surface area contributed by atoms with E-state index in [9.17, 15) is 8.60 Å². The van der Waals surface area contributed by atoms with Crippen LogP contribution < -0.4 is 9.15 Å². The Morgan fingerprint density at radius 1 is 1.19 bits per heavy atom. The Hall–Kier alpha value is -3.46. The molecule has 0 N–H and O–H groups in total. The van der Waals surface area contributed by atoms with Crippen LogP contribution in [0.25, 0.3) is 11.8 Å². The smallest absolute Gasteiger partial charge is 0.267 e. The first-order chi connectivity index (χ1) is 15.5. The van der Waals surface area contributed by atoms with Crippen molar-refractivity contribution in [1.82, 2.24) is 14.6 Å². The molecule has 0 spiro atoms. The molecule has 0 saturated carbocycles. The number of halogens is 1. The van der Waals surface area contributed by atoms with E-state index in [0.29, 0.717) is 18.1 Å². The maximum atomic E-state index is 13.3. The number of aromatic nitrogens is 2. The Labute approximate surface area is 188 Å². The topological polar surface area (TPSA) is 63.0 Å². The third kappa shape index (κ3) is 3.69. The van der Waals surface area contributed by atoms with Gasteiger partial charge in [-0.3, -0.25) is 5.01 Å². The van der Waals surface area contributed by atoms with Crippen LogP contribution in [0, 0.1) is 12.7 Å². The minimum Gasteiger partial charge on any atom is -0.495 e. The van der Waals surface area contributed by atoms with E-state index in [2.05, 4.69) is 15.5 Å². The first kappa shape index (κ1) is 20.4. The van der Waals surface area contributed by atoms with Crippen LogP contribution in [0.3, 0.4) is 0 Å². The zero-order valence-corrected chi connectivity index (χ0v) is 18.6. The lowest BCUT2D eigenvalue weighted by molar-refractivity contribution is 0.412. The van der Waals surface area contributed by atoms with Crippen molar-refractivity contribution in [3.8, 4) is 11.4 Å². The molecule has 3 heterocycles. The molecule has 1 fully saturated rings. The molecule has 164 valence electrons. The molecule has 2 aliphatic heterocycles. The Balaban J connectivity index is 1.46. The van der Waals surface area contributed by atoms with Gasteiger partial charge >= 0.3 is 0 Å². The molecule has 1 atom stereocenters. The summed E-state index contributed by atoms with van der Waals surface area (Å²) in [6.07, 6.45) is 7.48. The number of aryl methyl sites for hydroxylation is 1. The number of ether oxygens (including phenoxy) is 1. The molecule has 0 aliphatic carbocycles. The average molecular weight is 452 g/mol. The summed E-state index contributed by atoms with van der Waals surface area (Å²) in [5.41, 5.74) is 4.45. The Morgan fingerprint density at radius 3 is 2.72 bits per heavy atom. The van der Waals surface area contributed by atoms with E-state index >= 15 is 0 Å². The molecule has 3 aromatic rings. The summed E-state index contributed by atoms with van der Waals surface area (Å²) in [7, 11) is 1.65. The number of hydrogen-bond donors (Lipinski definition) is 0. The van der Waals surface area contributed by atoms with Crippen molar-refractivity contribution in [2.45, 2.75) is 19.8 Å². The highest BCUT2D eigenvalue weighted by atomic mass is 32.2. The van der Waals surface area contributed by atoms with E-state index in [1.54, 1.807) is 30.0 Å². The molecule has 7 nitrogen and oxygen atoms in total. The lowest BCUT2D eigenvalue weighted by Gasteiger charge is -2.33. The van der Waals surface area contributed by atoms with Crippen LogP contribution in [0.5, 0.6) is 5.75 Å². The molecule has 2 aromatic carbocycles. The molecule has 1 aromatic heterocycles. The van der Waals surface area contributed by atoms with Crippen LogP contribution in [0.1, 0.15) is 24.1 Å². The molecule has 32 heavy (non-hydrogen) atoms. The molecular weight excluding hydrogens is 429 g/mol. The summed E-state index contributed by atoms with van der Waals surface area (Å²) in [6.45, 7) is 2.64. The van der Waals surface area contributed by atoms with Crippen LogP contribution in [-0.2, 0) is 11.2 Å². The minimum absolute atomic E-state index is 0.331. The average Bonchev–Trinajstić information content (AvgIpc) is 3.37.